The van der Waals surface area contributed by atoms with Crippen LogP contribution in [0.1, 0.15) is 25.2 Å². The van der Waals surface area contributed by atoms with Crippen molar-refractivity contribution in [3.8, 4) is 0 Å². The van der Waals surface area contributed by atoms with E-state index in [-0.39, 0.29) is 6.42 Å². The summed E-state index contributed by atoms with van der Waals surface area (Å²) in [5.41, 5.74) is 1.28. The number of aromatic nitrogens is 2. The van der Waals surface area contributed by atoms with Gasteiger partial charge < -0.3 is 9.52 Å². The smallest absolute Gasteiger partial charge is 0.303 e. The van der Waals surface area contributed by atoms with Crippen molar-refractivity contribution in [2.24, 2.45) is 0 Å². The lowest BCUT2D eigenvalue weighted by atomic mass is 10.2. The third-order valence-electron chi connectivity index (χ3n) is 2.24. The monoisotopic (exact) mass is 220 g/mol. The second kappa shape index (κ2) is 4.74. The first-order valence-electron chi connectivity index (χ1n) is 5.18. The van der Waals surface area contributed by atoms with Crippen LogP contribution in [0, 0.1) is 0 Å². The van der Waals surface area contributed by atoms with Crippen LogP contribution in [0.2, 0.25) is 0 Å². The first kappa shape index (κ1) is 10.6. The van der Waals surface area contributed by atoms with Crippen LogP contribution < -0.4 is 0 Å². The Kier molecular flexibility index (Phi) is 3.14. The molecule has 5 nitrogen and oxygen atoms in total. The molecule has 0 fully saturated rings. The molecule has 0 aliphatic carbocycles. The molecule has 84 valence electrons. The van der Waals surface area contributed by atoms with E-state index >= 15 is 0 Å². The van der Waals surface area contributed by atoms with Gasteiger partial charge in [-0.1, -0.05) is 0 Å². The molecule has 0 aliphatic heterocycles. The van der Waals surface area contributed by atoms with Crippen LogP contribution in [-0.2, 0) is 11.2 Å². The van der Waals surface area contributed by atoms with Crippen LogP contribution in [0.5, 0.6) is 0 Å². The quantitative estimate of drug-likeness (QED) is 0.780. The maximum Gasteiger partial charge on any atom is 0.303 e. The van der Waals surface area contributed by atoms with Gasteiger partial charge in [0, 0.05) is 19.0 Å². The maximum atomic E-state index is 10.3. The van der Waals surface area contributed by atoms with Crippen molar-refractivity contribution in [1.29, 1.82) is 0 Å². The van der Waals surface area contributed by atoms with Gasteiger partial charge in [-0.3, -0.25) is 4.79 Å². The number of oxazole rings is 1. The van der Waals surface area contributed by atoms with Crippen molar-refractivity contribution in [1.82, 2.24) is 9.97 Å². The second-order valence-corrected chi connectivity index (χ2v) is 3.53. The van der Waals surface area contributed by atoms with Gasteiger partial charge in [0.2, 0.25) is 0 Å². The molecular formula is C11H12N2O3. The molecule has 2 aromatic rings. The lowest BCUT2D eigenvalue weighted by Gasteiger charge is -1.93. The molecular weight excluding hydrogens is 208 g/mol. The Balaban J connectivity index is 1.92. The third kappa shape index (κ3) is 2.56. The van der Waals surface area contributed by atoms with Crippen LogP contribution in [-0.4, -0.2) is 21.0 Å². The first-order chi connectivity index (χ1) is 7.75. The van der Waals surface area contributed by atoms with E-state index < -0.39 is 5.97 Å². The molecule has 0 saturated heterocycles. The number of carboxylic acid groups (broad SMARTS) is 1. The molecule has 2 rings (SSSR count). The van der Waals surface area contributed by atoms with Crippen LogP contribution in [0.15, 0.2) is 22.7 Å². The minimum absolute atomic E-state index is 0.193. The van der Waals surface area contributed by atoms with Crippen molar-refractivity contribution in [2.75, 3.05) is 0 Å². The molecule has 2 heterocycles. The van der Waals surface area contributed by atoms with Gasteiger partial charge in [0.15, 0.2) is 17.1 Å². The van der Waals surface area contributed by atoms with Crippen molar-refractivity contribution in [3.05, 3.63) is 24.2 Å². The molecule has 0 radical (unpaired) electrons. The number of hydrogen-bond donors (Lipinski definition) is 1. The normalized spacial score (nSPS) is 10.8. The largest absolute Gasteiger partial charge is 0.481 e. The molecule has 16 heavy (non-hydrogen) atoms. The highest BCUT2D eigenvalue weighted by molar-refractivity contribution is 5.67. The fourth-order valence-electron chi connectivity index (χ4n) is 1.47. The fourth-order valence-corrected chi connectivity index (χ4v) is 1.47. The number of unbranched alkanes of at least 4 members (excludes halogenated alkanes) is 1. The molecule has 0 aromatic carbocycles. The second-order valence-electron chi connectivity index (χ2n) is 3.53. The Morgan fingerprint density at radius 2 is 2.31 bits per heavy atom. The lowest BCUT2D eigenvalue weighted by Crippen LogP contribution is -1.94. The number of nitrogens with zero attached hydrogens (tertiary/aromatic N) is 2. The van der Waals surface area contributed by atoms with E-state index in [0.29, 0.717) is 30.0 Å². The summed E-state index contributed by atoms with van der Waals surface area (Å²) in [5, 5.41) is 8.48. The molecule has 0 atom stereocenters. The average Bonchev–Trinajstić information content (AvgIpc) is 2.66. The topological polar surface area (TPSA) is 76.2 Å². The van der Waals surface area contributed by atoms with Gasteiger partial charge in [-0.05, 0) is 25.0 Å². The van der Waals surface area contributed by atoms with E-state index in [1.54, 1.807) is 12.3 Å². The number of fused-ring (bicyclic) bond motifs is 1. The number of carbonyl (C=O) groups is 1. The average molecular weight is 220 g/mol. The van der Waals surface area contributed by atoms with Gasteiger partial charge in [0.05, 0.1) is 0 Å². The summed E-state index contributed by atoms with van der Waals surface area (Å²) >= 11 is 0. The van der Waals surface area contributed by atoms with Crippen molar-refractivity contribution in [2.45, 2.75) is 25.7 Å². The zero-order valence-corrected chi connectivity index (χ0v) is 8.72. The van der Waals surface area contributed by atoms with E-state index in [9.17, 15) is 4.79 Å². The number of aliphatic carboxylic acids is 1. The Morgan fingerprint density at radius 1 is 1.44 bits per heavy atom. The van der Waals surface area contributed by atoms with Crippen LogP contribution >= 0.6 is 0 Å². The predicted octanol–water partition coefficient (Wildman–Crippen LogP) is 2.02. The van der Waals surface area contributed by atoms with Gasteiger partial charge in [-0.25, -0.2) is 4.98 Å². The molecule has 0 amide bonds. The standard InChI is InChI=1S/C11H12N2O3/c14-10(15)6-2-1-5-9-13-11-8(16-9)4-3-7-12-11/h3-4,7H,1-2,5-6H2,(H,14,15). The summed E-state index contributed by atoms with van der Waals surface area (Å²) < 4.78 is 5.45. The highest BCUT2D eigenvalue weighted by Gasteiger charge is 2.05. The minimum Gasteiger partial charge on any atom is -0.481 e. The molecule has 0 bridgehead atoms. The number of rotatable bonds is 5. The first-order valence-corrected chi connectivity index (χ1v) is 5.18. The summed E-state index contributed by atoms with van der Waals surface area (Å²) in [6.45, 7) is 0. The Bertz CT molecular complexity index is 460. The Morgan fingerprint density at radius 3 is 3.06 bits per heavy atom. The van der Waals surface area contributed by atoms with Gasteiger partial charge in [-0.2, -0.15) is 4.98 Å². The summed E-state index contributed by atoms with van der Waals surface area (Å²) in [5.74, 6) is -0.140. The number of carboxylic acids is 1. The third-order valence-corrected chi connectivity index (χ3v) is 2.24. The highest BCUT2D eigenvalue weighted by atomic mass is 16.4. The summed E-state index contributed by atoms with van der Waals surface area (Å²) in [4.78, 5) is 18.6. The number of aryl methyl sites for hydroxylation is 1. The van der Waals surface area contributed by atoms with E-state index in [1.165, 1.54) is 0 Å². The number of pyridine rings is 1. The minimum atomic E-state index is -0.765. The van der Waals surface area contributed by atoms with Crippen LogP contribution in [0.3, 0.4) is 0 Å². The number of hydrogen-bond acceptors (Lipinski definition) is 4. The molecule has 0 unspecified atom stereocenters. The summed E-state index contributed by atoms with van der Waals surface area (Å²) in [6, 6.07) is 3.61. The predicted molar refractivity (Wildman–Crippen MR) is 57.0 cm³/mol. The Hall–Kier alpha value is -1.91. The SMILES string of the molecule is O=C(O)CCCCc1nc2ncccc2o1. The molecule has 1 N–H and O–H groups in total. The summed E-state index contributed by atoms with van der Waals surface area (Å²) in [7, 11) is 0. The van der Waals surface area contributed by atoms with Crippen LogP contribution in [0.25, 0.3) is 11.2 Å². The zero-order chi connectivity index (χ0) is 11.4. The highest BCUT2D eigenvalue weighted by Crippen LogP contribution is 2.14. The maximum absolute atomic E-state index is 10.3. The molecule has 0 saturated carbocycles. The molecule has 2 aromatic heterocycles. The lowest BCUT2D eigenvalue weighted by molar-refractivity contribution is -0.137. The van der Waals surface area contributed by atoms with Crippen molar-refractivity contribution >= 4 is 17.2 Å². The van der Waals surface area contributed by atoms with E-state index in [4.69, 9.17) is 9.52 Å². The summed E-state index contributed by atoms with van der Waals surface area (Å²) in [6.07, 6.45) is 3.92. The van der Waals surface area contributed by atoms with Crippen LogP contribution in [0.4, 0.5) is 0 Å². The Labute approximate surface area is 92.1 Å². The van der Waals surface area contributed by atoms with E-state index in [2.05, 4.69) is 9.97 Å². The molecule has 0 spiro atoms. The van der Waals surface area contributed by atoms with Crippen molar-refractivity contribution < 1.29 is 14.3 Å². The molecule has 0 aliphatic rings. The van der Waals surface area contributed by atoms with Gasteiger partial charge >= 0.3 is 5.97 Å². The van der Waals surface area contributed by atoms with Gasteiger partial charge in [-0.15, -0.1) is 0 Å². The van der Waals surface area contributed by atoms with E-state index in [0.717, 1.165) is 6.42 Å². The van der Waals surface area contributed by atoms with Gasteiger partial charge in [0.1, 0.15) is 0 Å². The zero-order valence-electron chi connectivity index (χ0n) is 8.72. The van der Waals surface area contributed by atoms with Crippen molar-refractivity contribution in [3.63, 3.8) is 0 Å². The molecule has 5 heteroatoms. The fraction of sp³-hybridized carbons (Fsp3) is 0.364. The van der Waals surface area contributed by atoms with E-state index in [1.807, 2.05) is 6.07 Å². The van der Waals surface area contributed by atoms with Gasteiger partial charge in [0.25, 0.3) is 0 Å².